The van der Waals surface area contributed by atoms with Gasteiger partial charge >= 0.3 is 0 Å². The van der Waals surface area contributed by atoms with Crippen LogP contribution >= 0.6 is 15.9 Å². The van der Waals surface area contributed by atoms with E-state index >= 15 is 0 Å². The van der Waals surface area contributed by atoms with E-state index in [1.807, 2.05) is 0 Å². The van der Waals surface area contributed by atoms with E-state index in [0.717, 1.165) is 17.6 Å². The van der Waals surface area contributed by atoms with Crippen LogP contribution in [0.15, 0.2) is 22.7 Å². The first-order valence-corrected chi connectivity index (χ1v) is 7.07. The Morgan fingerprint density at radius 2 is 2.06 bits per heavy atom. The maximum atomic E-state index is 3.55. The second-order valence-corrected chi connectivity index (χ2v) is 5.57. The third kappa shape index (κ3) is 4.32. The van der Waals surface area contributed by atoms with Crippen molar-refractivity contribution in [1.29, 1.82) is 0 Å². The number of hydrogen-bond donors (Lipinski definition) is 1. The molecule has 0 heterocycles. The maximum absolute atomic E-state index is 3.55. The number of nitrogens with one attached hydrogen (secondary N) is 1. The Labute approximate surface area is 114 Å². The second kappa shape index (κ2) is 7.02. The molecule has 0 aliphatic carbocycles. The Morgan fingerprint density at radius 3 is 2.65 bits per heavy atom. The van der Waals surface area contributed by atoms with Crippen LogP contribution in [0.1, 0.15) is 32.8 Å². The third-order valence-corrected chi connectivity index (χ3v) is 3.43. The van der Waals surface area contributed by atoms with Gasteiger partial charge in [0.2, 0.25) is 0 Å². The zero-order chi connectivity index (χ0) is 12.8. The molecule has 1 N–H and O–H groups in total. The summed E-state index contributed by atoms with van der Waals surface area (Å²) in [5, 5.41) is 3.47. The molecule has 1 aromatic carbocycles. The quantitative estimate of drug-likeness (QED) is 0.804. The Kier molecular flexibility index (Phi) is 6.00. The first-order chi connectivity index (χ1) is 8.06. The minimum Gasteiger partial charge on any atom is -0.372 e. The van der Waals surface area contributed by atoms with Gasteiger partial charge in [0, 0.05) is 29.8 Å². The van der Waals surface area contributed by atoms with Gasteiger partial charge in [0.15, 0.2) is 0 Å². The summed E-state index contributed by atoms with van der Waals surface area (Å²) in [5.41, 5.74) is 2.66. The lowest BCUT2D eigenvalue weighted by molar-refractivity contribution is 0.669. The van der Waals surface area contributed by atoms with E-state index in [9.17, 15) is 0 Å². The summed E-state index contributed by atoms with van der Waals surface area (Å²) >= 11 is 3.55. The first-order valence-electron chi connectivity index (χ1n) is 6.28. The van der Waals surface area contributed by atoms with E-state index < -0.39 is 0 Å². The van der Waals surface area contributed by atoms with Crippen LogP contribution in [0, 0.1) is 0 Å². The minimum atomic E-state index is 0.515. The molecular formula is C14H23BrN2. The molecule has 0 atom stereocenters. The molecule has 17 heavy (non-hydrogen) atoms. The van der Waals surface area contributed by atoms with Crippen molar-refractivity contribution in [2.24, 2.45) is 0 Å². The molecule has 96 valence electrons. The molecule has 2 nitrogen and oxygen atoms in total. The topological polar surface area (TPSA) is 15.3 Å². The van der Waals surface area contributed by atoms with Gasteiger partial charge in [-0.15, -0.1) is 0 Å². The van der Waals surface area contributed by atoms with E-state index in [2.05, 4.69) is 72.2 Å². The summed E-state index contributed by atoms with van der Waals surface area (Å²) < 4.78 is 1.15. The van der Waals surface area contributed by atoms with Crippen LogP contribution < -0.4 is 10.2 Å². The fraction of sp³-hybridized carbons (Fsp3) is 0.571. The molecule has 3 heteroatoms. The highest BCUT2D eigenvalue weighted by Crippen LogP contribution is 2.25. The normalized spacial score (nSPS) is 10.9. The highest BCUT2D eigenvalue weighted by atomic mass is 79.9. The fourth-order valence-corrected chi connectivity index (χ4v) is 2.13. The lowest BCUT2D eigenvalue weighted by Crippen LogP contribution is -2.27. The summed E-state index contributed by atoms with van der Waals surface area (Å²) in [5.74, 6) is 0. The molecule has 0 aliphatic heterocycles. The Balaban J connectivity index is 2.87. The van der Waals surface area contributed by atoms with Gasteiger partial charge in [-0.05, 0) is 50.6 Å². The molecule has 0 radical (unpaired) electrons. The van der Waals surface area contributed by atoms with Crippen LogP contribution in [0.4, 0.5) is 5.69 Å². The number of hydrogen-bond acceptors (Lipinski definition) is 2. The van der Waals surface area contributed by atoms with E-state index in [1.54, 1.807) is 0 Å². The first kappa shape index (κ1) is 14.5. The molecule has 0 fully saturated rings. The van der Waals surface area contributed by atoms with Crippen molar-refractivity contribution in [3.05, 3.63) is 28.2 Å². The van der Waals surface area contributed by atoms with Crippen molar-refractivity contribution in [1.82, 2.24) is 5.32 Å². The number of halogens is 1. The van der Waals surface area contributed by atoms with Crippen LogP contribution in [-0.2, 0) is 6.54 Å². The van der Waals surface area contributed by atoms with Crippen LogP contribution in [-0.4, -0.2) is 19.6 Å². The number of benzene rings is 1. The van der Waals surface area contributed by atoms with Crippen molar-refractivity contribution in [2.45, 2.75) is 39.8 Å². The summed E-state index contributed by atoms with van der Waals surface area (Å²) in [6.07, 6.45) is 1.17. The predicted octanol–water partition coefficient (Wildman–Crippen LogP) is 3.79. The van der Waals surface area contributed by atoms with Crippen LogP contribution in [0.5, 0.6) is 0 Å². The fourth-order valence-electron chi connectivity index (χ4n) is 1.72. The SMILES string of the molecule is CCCNCc1cc(Br)ccc1N(C)C(C)C. The number of rotatable bonds is 6. The zero-order valence-electron chi connectivity index (χ0n) is 11.3. The Bertz CT molecular complexity index is 350. The lowest BCUT2D eigenvalue weighted by Gasteiger charge is -2.26. The standard InChI is InChI=1S/C14H23BrN2/c1-5-8-16-10-12-9-13(15)6-7-14(12)17(4)11(2)3/h6-7,9,11,16H,5,8,10H2,1-4H3. The van der Waals surface area contributed by atoms with Crippen LogP contribution in [0.25, 0.3) is 0 Å². The van der Waals surface area contributed by atoms with Gasteiger partial charge in [-0.25, -0.2) is 0 Å². The van der Waals surface area contributed by atoms with Gasteiger partial charge in [-0.1, -0.05) is 22.9 Å². The largest absolute Gasteiger partial charge is 0.372 e. The highest BCUT2D eigenvalue weighted by molar-refractivity contribution is 9.10. The Morgan fingerprint density at radius 1 is 1.35 bits per heavy atom. The van der Waals surface area contributed by atoms with Gasteiger partial charge in [0.25, 0.3) is 0 Å². The molecule has 0 aliphatic rings. The summed E-state index contributed by atoms with van der Waals surface area (Å²) in [6, 6.07) is 7.02. The van der Waals surface area contributed by atoms with Crippen LogP contribution in [0.3, 0.4) is 0 Å². The van der Waals surface area contributed by atoms with Crippen LogP contribution in [0.2, 0.25) is 0 Å². The molecule has 0 unspecified atom stereocenters. The third-order valence-electron chi connectivity index (χ3n) is 2.94. The van der Waals surface area contributed by atoms with Gasteiger partial charge in [-0.2, -0.15) is 0 Å². The molecule has 1 aromatic rings. The zero-order valence-corrected chi connectivity index (χ0v) is 12.8. The van der Waals surface area contributed by atoms with Gasteiger partial charge in [0.1, 0.15) is 0 Å². The highest BCUT2D eigenvalue weighted by Gasteiger charge is 2.10. The molecule has 1 rings (SSSR count). The average Bonchev–Trinajstić information content (AvgIpc) is 2.28. The van der Waals surface area contributed by atoms with E-state index in [4.69, 9.17) is 0 Å². The monoisotopic (exact) mass is 298 g/mol. The van der Waals surface area contributed by atoms with Crippen molar-refractivity contribution in [2.75, 3.05) is 18.5 Å². The molecule has 0 saturated carbocycles. The van der Waals surface area contributed by atoms with E-state index in [-0.39, 0.29) is 0 Å². The molecule has 0 bridgehead atoms. The molecule has 0 spiro atoms. The molecule has 0 saturated heterocycles. The second-order valence-electron chi connectivity index (χ2n) is 4.65. The van der Waals surface area contributed by atoms with Crippen molar-refractivity contribution in [3.63, 3.8) is 0 Å². The number of anilines is 1. The summed E-state index contributed by atoms with van der Waals surface area (Å²) in [4.78, 5) is 2.31. The predicted molar refractivity (Wildman–Crippen MR) is 79.7 cm³/mol. The molecule has 0 amide bonds. The number of nitrogens with zero attached hydrogens (tertiary/aromatic N) is 1. The van der Waals surface area contributed by atoms with Crippen molar-refractivity contribution >= 4 is 21.6 Å². The van der Waals surface area contributed by atoms with E-state index in [0.29, 0.717) is 6.04 Å². The van der Waals surface area contributed by atoms with Gasteiger partial charge in [-0.3, -0.25) is 0 Å². The lowest BCUT2D eigenvalue weighted by atomic mass is 10.1. The molecular weight excluding hydrogens is 276 g/mol. The minimum absolute atomic E-state index is 0.515. The summed E-state index contributed by atoms with van der Waals surface area (Å²) in [7, 11) is 2.15. The van der Waals surface area contributed by atoms with E-state index in [1.165, 1.54) is 17.7 Å². The Hall–Kier alpha value is -0.540. The maximum Gasteiger partial charge on any atom is 0.0412 e. The summed E-state index contributed by atoms with van der Waals surface area (Å²) in [6.45, 7) is 8.61. The van der Waals surface area contributed by atoms with Crippen molar-refractivity contribution in [3.8, 4) is 0 Å². The molecule has 0 aromatic heterocycles. The van der Waals surface area contributed by atoms with Gasteiger partial charge in [0.05, 0.1) is 0 Å². The average molecular weight is 299 g/mol. The van der Waals surface area contributed by atoms with Crippen molar-refractivity contribution < 1.29 is 0 Å². The smallest absolute Gasteiger partial charge is 0.0412 e. The van der Waals surface area contributed by atoms with Gasteiger partial charge < -0.3 is 10.2 Å².